The Bertz CT molecular complexity index is 461. The zero-order chi connectivity index (χ0) is 13.9. The van der Waals surface area contributed by atoms with E-state index in [2.05, 4.69) is 26.8 Å². The maximum Gasteiger partial charge on any atom is 0.323 e. The first-order valence-electron chi connectivity index (χ1n) is 7.65. The summed E-state index contributed by atoms with van der Waals surface area (Å²) in [5.41, 5.74) is 5.80. The average Bonchev–Trinajstić information content (AvgIpc) is 2.95. The number of hydrogen-bond acceptors (Lipinski definition) is 6. The highest BCUT2D eigenvalue weighted by Gasteiger charge is 2.25. The number of hydrogen-bond donors (Lipinski definition) is 1. The Morgan fingerprint density at radius 2 is 1.80 bits per heavy atom. The maximum atomic E-state index is 5.98. The summed E-state index contributed by atoms with van der Waals surface area (Å²) in [6.07, 6.45) is 7.37. The fourth-order valence-corrected chi connectivity index (χ4v) is 3.06. The molecule has 1 aromatic heterocycles. The molecule has 0 spiro atoms. The van der Waals surface area contributed by atoms with Gasteiger partial charge >= 0.3 is 6.01 Å². The molecule has 0 bridgehead atoms. The summed E-state index contributed by atoms with van der Waals surface area (Å²) in [7, 11) is 0. The topological polar surface area (TPSA) is 77.2 Å². The number of ether oxygens (including phenoxy) is 1. The van der Waals surface area contributed by atoms with E-state index in [1.807, 2.05) is 0 Å². The van der Waals surface area contributed by atoms with Crippen molar-refractivity contribution in [1.29, 1.82) is 0 Å². The quantitative estimate of drug-likeness (QED) is 0.910. The standard InChI is InChI=1S/C14H23N5O/c1-10-6-2-3-7-11(10)20-14-17-12(15)16-13(18-14)19-8-4-5-9-19/h10-11H,2-9H2,1H3,(H2,15,16,17,18). The minimum Gasteiger partial charge on any atom is -0.460 e. The third-order valence-electron chi connectivity index (χ3n) is 4.30. The molecule has 0 radical (unpaired) electrons. The third kappa shape index (κ3) is 2.94. The van der Waals surface area contributed by atoms with Gasteiger partial charge in [0.2, 0.25) is 11.9 Å². The van der Waals surface area contributed by atoms with Crippen LogP contribution in [0.25, 0.3) is 0 Å². The van der Waals surface area contributed by atoms with E-state index in [1.165, 1.54) is 32.1 Å². The molecule has 2 N–H and O–H groups in total. The molecule has 2 fully saturated rings. The van der Waals surface area contributed by atoms with Crippen LogP contribution in [0.2, 0.25) is 0 Å². The van der Waals surface area contributed by atoms with E-state index >= 15 is 0 Å². The molecule has 1 saturated carbocycles. The van der Waals surface area contributed by atoms with Crippen molar-refractivity contribution in [3.63, 3.8) is 0 Å². The molecule has 0 amide bonds. The van der Waals surface area contributed by atoms with Crippen LogP contribution in [0, 0.1) is 5.92 Å². The molecule has 2 aliphatic rings. The summed E-state index contributed by atoms with van der Waals surface area (Å²) in [5.74, 6) is 1.46. The Kier molecular flexibility index (Phi) is 3.89. The lowest BCUT2D eigenvalue weighted by Gasteiger charge is -2.28. The SMILES string of the molecule is CC1CCCCC1Oc1nc(N)nc(N2CCCC2)n1. The van der Waals surface area contributed by atoms with Crippen molar-refractivity contribution < 1.29 is 4.74 Å². The molecule has 1 saturated heterocycles. The number of nitrogens with zero attached hydrogens (tertiary/aromatic N) is 4. The van der Waals surface area contributed by atoms with Gasteiger partial charge in [0.15, 0.2) is 0 Å². The molecule has 1 aromatic rings. The second-order valence-corrected chi connectivity index (χ2v) is 5.89. The van der Waals surface area contributed by atoms with E-state index in [9.17, 15) is 0 Å². The Balaban J connectivity index is 1.75. The summed E-state index contributed by atoms with van der Waals surface area (Å²) >= 11 is 0. The van der Waals surface area contributed by atoms with Gasteiger partial charge in [-0.1, -0.05) is 13.3 Å². The first-order valence-corrected chi connectivity index (χ1v) is 7.65. The molecule has 110 valence electrons. The molecule has 6 heteroatoms. The van der Waals surface area contributed by atoms with Gasteiger partial charge in [-0.25, -0.2) is 0 Å². The Labute approximate surface area is 119 Å². The van der Waals surface area contributed by atoms with E-state index in [-0.39, 0.29) is 12.1 Å². The highest BCUT2D eigenvalue weighted by Crippen LogP contribution is 2.27. The number of anilines is 2. The largest absolute Gasteiger partial charge is 0.460 e. The van der Waals surface area contributed by atoms with Crippen LogP contribution in [0.1, 0.15) is 45.4 Å². The number of nitrogens with two attached hydrogens (primary N) is 1. The van der Waals surface area contributed by atoms with Crippen LogP contribution >= 0.6 is 0 Å². The molecular formula is C14H23N5O. The van der Waals surface area contributed by atoms with E-state index in [0.717, 1.165) is 19.5 Å². The predicted octanol–water partition coefficient (Wildman–Crippen LogP) is 2.01. The van der Waals surface area contributed by atoms with Gasteiger partial charge in [0, 0.05) is 13.1 Å². The molecule has 6 nitrogen and oxygen atoms in total. The van der Waals surface area contributed by atoms with Crippen molar-refractivity contribution in [2.75, 3.05) is 23.7 Å². The first kappa shape index (κ1) is 13.4. The Morgan fingerprint density at radius 1 is 1.05 bits per heavy atom. The van der Waals surface area contributed by atoms with Crippen molar-refractivity contribution in [3.8, 4) is 6.01 Å². The summed E-state index contributed by atoms with van der Waals surface area (Å²) in [5, 5.41) is 0. The fourth-order valence-electron chi connectivity index (χ4n) is 3.06. The van der Waals surface area contributed by atoms with Gasteiger partial charge in [0.1, 0.15) is 6.10 Å². The highest BCUT2D eigenvalue weighted by atomic mass is 16.5. The maximum absolute atomic E-state index is 5.98. The van der Waals surface area contributed by atoms with E-state index < -0.39 is 0 Å². The number of aromatic nitrogens is 3. The molecule has 2 heterocycles. The minimum absolute atomic E-state index is 0.206. The minimum atomic E-state index is 0.206. The monoisotopic (exact) mass is 277 g/mol. The highest BCUT2D eigenvalue weighted by molar-refractivity contribution is 5.36. The van der Waals surface area contributed by atoms with E-state index in [4.69, 9.17) is 10.5 Å². The molecule has 0 aromatic carbocycles. The molecule has 1 aliphatic heterocycles. The van der Waals surface area contributed by atoms with Gasteiger partial charge in [0.05, 0.1) is 0 Å². The number of rotatable bonds is 3. The van der Waals surface area contributed by atoms with Crippen molar-refractivity contribution >= 4 is 11.9 Å². The summed E-state index contributed by atoms with van der Waals surface area (Å²) in [6.45, 7) is 4.21. The van der Waals surface area contributed by atoms with Crippen molar-refractivity contribution in [2.45, 2.75) is 51.6 Å². The van der Waals surface area contributed by atoms with Crippen LogP contribution in [0.15, 0.2) is 0 Å². The smallest absolute Gasteiger partial charge is 0.323 e. The van der Waals surface area contributed by atoms with Gasteiger partial charge in [-0.3, -0.25) is 0 Å². The van der Waals surface area contributed by atoms with Gasteiger partial charge in [-0.05, 0) is 38.0 Å². The second kappa shape index (κ2) is 5.81. The van der Waals surface area contributed by atoms with E-state index in [0.29, 0.717) is 17.9 Å². The predicted molar refractivity (Wildman–Crippen MR) is 77.7 cm³/mol. The molecule has 20 heavy (non-hydrogen) atoms. The van der Waals surface area contributed by atoms with Crippen LogP contribution in [0.5, 0.6) is 6.01 Å². The first-order chi connectivity index (χ1) is 9.72. The van der Waals surface area contributed by atoms with Crippen molar-refractivity contribution in [2.24, 2.45) is 5.92 Å². The van der Waals surface area contributed by atoms with Gasteiger partial charge in [0.25, 0.3) is 0 Å². The summed E-state index contributed by atoms with van der Waals surface area (Å²) in [4.78, 5) is 15.0. The van der Waals surface area contributed by atoms with Gasteiger partial charge in [-0.15, -0.1) is 0 Å². The van der Waals surface area contributed by atoms with E-state index in [1.54, 1.807) is 0 Å². The van der Waals surface area contributed by atoms with Gasteiger partial charge < -0.3 is 15.4 Å². The molecule has 3 rings (SSSR count). The molecule has 1 aliphatic carbocycles. The number of nitrogen functional groups attached to an aromatic ring is 1. The third-order valence-corrected chi connectivity index (χ3v) is 4.30. The Hall–Kier alpha value is -1.59. The lowest BCUT2D eigenvalue weighted by molar-refractivity contribution is 0.0923. The van der Waals surface area contributed by atoms with Crippen molar-refractivity contribution in [1.82, 2.24) is 15.0 Å². The van der Waals surface area contributed by atoms with Crippen LogP contribution in [-0.2, 0) is 0 Å². The molecule has 2 unspecified atom stereocenters. The molecule has 2 atom stereocenters. The lowest BCUT2D eigenvalue weighted by atomic mass is 9.88. The normalized spacial score (nSPS) is 26.8. The fraction of sp³-hybridized carbons (Fsp3) is 0.786. The second-order valence-electron chi connectivity index (χ2n) is 5.89. The van der Waals surface area contributed by atoms with Gasteiger partial charge in [-0.2, -0.15) is 15.0 Å². The zero-order valence-corrected chi connectivity index (χ0v) is 12.1. The average molecular weight is 277 g/mol. The van der Waals surface area contributed by atoms with Crippen LogP contribution in [-0.4, -0.2) is 34.1 Å². The Morgan fingerprint density at radius 3 is 2.55 bits per heavy atom. The lowest BCUT2D eigenvalue weighted by Crippen LogP contribution is -2.29. The summed E-state index contributed by atoms with van der Waals surface area (Å²) < 4.78 is 5.98. The van der Waals surface area contributed by atoms with Crippen LogP contribution < -0.4 is 15.4 Å². The van der Waals surface area contributed by atoms with Crippen LogP contribution in [0.3, 0.4) is 0 Å². The van der Waals surface area contributed by atoms with Crippen molar-refractivity contribution in [3.05, 3.63) is 0 Å². The zero-order valence-electron chi connectivity index (χ0n) is 12.1. The van der Waals surface area contributed by atoms with Crippen LogP contribution in [0.4, 0.5) is 11.9 Å². The summed E-state index contributed by atoms with van der Waals surface area (Å²) in [6, 6.07) is 0.387. The molecular weight excluding hydrogens is 254 g/mol.